The predicted molar refractivity (Wildman–Crippen MR) is 86.0 cm³/mol. The van der Waals surface area contributed by atoms with E-state index >= 15 is 0 Å². The van der Waals surface area contributed by atoms with Gasteiger partial charge in [0.15, 0.2) is 0 Å². The van der Waals surface area contributed by atoms with Crippen LogP contribution in [0.2, 0.25) is 0 Å². The lowest BCUT2D eigenvalue weighted by molar-refractivity contribution is 0.623. The minimum Gasteiger partial charge on any atom is -0.328 e. The van der Waals surface area contributed by atoms with E-state index in [4.69, 9.17) is 4.98 Å². The molecule has 3 heteroatoms. The van der Waals surface area contributed by atoms with Gasteiger partial charge in [-0.15, -0.1) is 0 Å². The Kier molecular flexibility index (Phi) is 5.44. The van der Waals surface area contributed by atoms with Gasteiger partial charge in [0, 0.05) is 17.8 Å². The van der Waals surface area contributed by atoms with Crippen molar-refractivity contribution in [3.8, 4) is 0 Å². The van der Waals surface area contributed by atoms with Gasteiger partial charge in [-0.1, -0.05) is 41.4 Å². The Morgan fingerprint density at radius 1 is 1.21 bits per heavy atom. The molecule has 0 N–H and O–H groups in total. The molecule has 0 saturated heterocycles. The maximum atomic E-state index is 4.77. The van der Waals surface area contributed by atoms with Crippen LogP contribution in [0.15, 0.2) is 24.3 Å². The van der Waals surface area contributed by atoms with Crippen LogP contribution in [0.4, 0.5) is 0 Å². The Labute approximate surface area is 124 Å². The molecule has 0 aliphatic carbocycles. The largest absolute Gasteiger partial charge is 0.328 e. The van der Waals surface area contributed by atoms with Crippen molar-refractivity contribution in [3.63, 3.8) is 0 Å². The summed E-state index contributed by atoms with van der Waals surface area (Å²) in [6.07, 6.45) is 6.04. The van der Waals surface area contributed by atoms with Crippen LogP contribution in [0.3, 0.4) is 0 Å². The van der Waals surface area contributed by atoms with Crippen LogP contribution in [-0.2, 0) is 13.0 Å². The van der Waals surface area contributed by atoms with Crippen molar-refractivity contribution in [1.82, 2.24) is 9.55 Å². The molecule has 0 radical (unpaired) electrons. The number of fused-ring (bicyclic) bond motifs is 1. The zero-order valence-corrected chi connectivity index (χ0v) is 13.5. The number of rotatable bonds is 7. The number of aryl methyl sites for hydroxylation is 2. The molecular weight excluding hydrogens is 300 g/mol. The van der Waals surface area contributed by atoms with Crippen LogP contribution in [-0.4, -0.2) is 14.4 Å². The van der Waals surface area contributed by atoms with E-state index in [-0.39, 0.29) is 0 Å². The third kappa shape index (κ3) is 3.59. The highest BCUT2D eigenvalue weighted by molar-refractivity contribution is 9.09. The molecule has 2 aromatic rings. The summed E-state index contributed by atoms with van der Waals surface area (Å²) < 4.78 is 2.35. The summed E-state index contributed by atoms with van der Waals surface area (Å²) in [5.74, 6) is 1.24. The van der Waals surface area contributed by atoms with E-state index < -0.39 is 0 Å². The van der Waals surface area contributed by atoms with E-state index in [0.29, 0.717) is 4.83 Å². The Bertz CT molecular complexity index is 518. The van der Waals surface area contributed by atoms with Gasteiger partial charge in [-0.05, 0) is 38.3 Å². The van der Waals surface area contributed by atoms with Crippen LogP contribution < -0.4 is 0 Å². The van der Waals surface area contributed by atoms with Gasteiger partial charge in [-0.2, -0.15) is 0 Å². The molecule has 1 aromatic heterocycles. The summed E-state index contributed by atoms with van der Waals surface area (Å²) in [7, 11) is 0. The van der Waals surface area contributed by atoms with Gasteiger partial charge < -0.3 is 4.57 Å². The third-order valence-corrected chi connectivity index (χ3v) is 4.49. The molecule has 0 bridgehead atoms. The standard InChI is InChI=1S/C16H23BrN2/c1-3-8-13(17)9-7-12-16-18-14-10-5-6-11-15(14)19(16)4-2/h5-6,10-11,13H,3-4,7-9,12H2,1-2H3. The molecule has 0 saturated carbocycles. The zero-order chi connectivity index (χ0) is 13.7. The Balaban J connectivity index is 2.04. The van der Waals surface area contributed by atoms with E-state index in [1.165, 1.54) is 37.0 Å². The van der Waals surface area contributed by atoms with Gasteiger partial charge in [0.2, 0.25) is 0 Å². The van der Waals surface area contributed by atoms with Crippen molar-refractivity contribution in [2.75, 3.05) is 0 Å². The summed E-state index contributed by atoms with van der Waals surface area (Å²) in [4.78, 5) is 5.44. The normalized spacial score (nSPS) is 13.0. The lowest BCUT2D eigenvalue weighted by Crippen LogP contribution is -2.04. The van der Waals surface area contributed by atoms with Crippen LogP contribution >= 0.6 is 15.9 Å². The first-order valence-electron chi connectivity index (χ1n) is 7.34. The number of imidazole rings is 1. The molecule has 104 valence electrons. The zero-order valence-electron chi connectivity index (χ0n) is 11.9. The van der Waals surface area contributed by atoms with Gasteiger partial charge in [0.05, 0.1) is 11.0 Å². The highest BCUT2D eigenvalue weighted by atomic mass is 79.9. The van der Waals surface area contributed by atoms with E-state index in [9.17, 15) is 0 Å². The molecule has 1 heterocycles. The van der Waals surface area contributed by atoms with E-state index in [1.807, 2.05) is 0 Å². The fraction of sp³-hybridized carbons (Fsp3) is 0.562. The van der Waals surface area contributed by atoms with Crippen LogP contribution in [0, 0.1) is 0 Å². The molecule has 0 fully saturated rings. The second-order valence-corrected chi connectivity index (χ2v) is 6.33. The van der Waals surface area contributed by atoms with Gasteiger partial charge in [0.25, 0.3) is 0 Å². The molecular formula is C16H23BrN2. The predicted octanol–water partition coefficient (Wildman–Crippen LogP) is 4.94. The third-order valence-electron chi connectivity index (χ3n) is 3.57. The molecule has 1 aromatic carbocycles. The number of para-hydroxylation sites is 2. The molecule has 2 rings (SSSR count). The average Bonchev–Trinajstić information content (AvgIpc) is 2.76. The number of hydrogen-bond donors (Lipinski definition) is 0. The van der Waals surface area contributed by atoms with E-state index in [2.05, 4.69) is 58.6 Å². The molecule has 0 aliphatic heterocycles. The van der Waals surface area contributed by atoms with Crippen LogP contribution in [0.1, 0.15) is 45.4 Å². The monoisotopic (exact) mass is 322 g/mol. The smallest absolute Gasteiger partial charge is 0.109 e. The highest BCUT2D eigenvalue weighted by Gasteiger charge is 2.09. The molecule has 1 unspecified atom stereocenters. The van der Waals surface area contributed by atoms with Gasteiger partial charge in [-0.25, -0.2) is 4.98 Å². The summed E-state index contributed by atoms with van der Waals surface area (Å²) in [6.45, 7) is 5.44. The van der Waals surface area contributed by atoms with Crippen LogP contribution in [0.25, 0.3) is 11.0 Å². The fourth-order valence-electron chi connectivity index (χ4n) is 2.61. The molecule has 0 spiro atoms. The van der Waals surface area contributed by atoms with Crippen molar-refractivity contribution in [2.24, 2.45) is 0 Å². The van der Waals surface area contributed by atoms with Crippen LogP contribution in [0.5, 0.6) is 0 Å². The number of hydrogen-bond acceptors (Lipinski definition) is 1. The maximum absolute atomic E-state index is 4.77. The lowest BCUT2D eigenvalue weighted by atomic mass is 10.1. The minimum absolute atomic E-state index is 0.664. The number of benzene rings is 1. The number of halogens is 1. The molecule has 0 amide bonds. The van der Waals surface area contributed by atoms with Crippen molar-refractivity contribution >= 4 is 27.0 Å². The Morgan fingerprint density at radius 2 is 2.00 bits per heavy atom. The quantitative estimate of drug-likeness (QED) is 0.660. The van der Waals surface area contributed by atoms with Gasteiger partial charge in [-0.3, -0.25) is 0 Å². The lowest BCUT2D eigenvalue weighted by Gasteiger charge is -2.09. The Morgan fingerprint density at radius 3 is 2.74 bits per heavy atom. The molecule has 1 atom stereocenters. The first-order chi connectivity index (χ1) is 9.26. The molecule has 19 heavy (non-hydrogen) atoms. The van der Waals surface area contributed by atoms with Crippen molar-refractivity contribution in [2.45, 2.75) is 57.3 Å². The Hall–Kier alpha value is -0.830. The summed E-state index contributed by atoms with van der Waals surface area (Å²) >= 11 is 3.75. The van der Waals surface area contributed by atoms with E-state index in [0.717, 1.165) is 18.5 Å². The van der Waals surface area contributed by atoms with Crippen molar-refractivity contribution < 1.29 is 0 Å². The maximum Gasteiger partial charge on any atom is 0.109 e. The second kappa shape index (κ2) is 7.09. The molecule has 2 nitrogen and oxygen atoms in total. The molecule has 0 aliphatic rings. The topological polar surface area (TPSA) is 17.8 Å². The number of nitrogens with zero attached hydrogens (tertiary/aromatic N) is 2. The summed E-state index contributed by atoms with van der Waals surface area (Å²) in [6, 6.07) is 8.43. The first kappa shape index (κ1) is 14.6. The van der Waals surface area contributed by atoms with Gasteiger partial charge >= 0.3 is 0 Å². The van der Waals surface area contributed by atoms with E-state index in [1.54, 1.807) is 0 Å². The SMILES string of the molecule is CCCC(Br)CCCc1nc2ccccc2n1CC. The fourth-order valence-corrected chi connectivity index (χ4v) is 3.39. The van der Waals surface area contributed by atoms with Crippen molar-refractivity contribution in [1.29, 1.82) is 0 Å². The second-order valence-electron chi connectivity index (χ2n) is 5.04. The summed E-state index contributed by atoms with van der Waals surface area (Å²) in [5.41, 5.74) is 2.40. The minimum atomic E-state index is 0.664. The average molecular weight is 323 g/mol. The first-order valence-corrected chi connectivity index (χ1v) is 8.26. The number of aromatic nitrogens is 2. The summed E-state index contributed by atoms with van der Waals surface area (Å²) in [5, 5.41) is 0. The van der Waals surface area contributed by atoms with Crippen molar-refractivity contribution in [3.05, 3.63) is 30.1 Å². The van der Waals surface area contributed by atoms with Gasteiger partial charge in [0.1, 0.15) is 5.82 Å². The highest BCUT2D eigenvalue weighted by Crippen LogP contribution is 2.19. The number of alkyl halides is 1.